The number of likely N-dealkylation sites (N-methyl/N-ethyl adjacent to an activating group) is 1. The van der Waals surface area contributed by atoms with E-state index in [1.54, 1.807) is 0 Å². The van der Waals surface area contributed by atoms with Crippen LogP contribution in [-0.2, 0) is 5.54 Å². The molecular weight excluding hydrogens is 174 g/mol. The van der Waals surface area contributed by atoms with Crippen LogP contribution in [0.5, 0.6) is 0 Å². The summed E-state index contributed by atoms with van der Waals surface area (Å²) in [6.07, 6.45) is 2.23. The van der Waals surface area contributed by atoms with Gasteiger partial charge in [-0.1, -0.05) is 30.3 Å². The monoisotopic (exact) mass is 191 g/mol. The lowest BCUT2D eigenvalue weighted by molar-refractivity contribution is 0.0823. The zero-order chi connectivity index (χ0) is 10.0. The van der Waals surface area contributed by atoms with E-state index in [1.807, 2.05) is 18.2 Å². The Bertz CT molecular complexity index is 298. The molecule has 0 spiro atoms. The van der Waals surface area contributed by atoms with E-state index in [1.165, 1.54) is 12.0 Å². The van der Waals surface area contributed by atoms with Gasteiger partial charge in [-0.15, -0.1) is 0 Å². The largest absolute Gasteiger partial charge is 0.394 e. The molecular formula is C12H17NO. The van der Waals surface area contributed by atoms with Crippen molar-refractivity contribution in [2.45, 2.75) is 18.4 Å². The second-order valence-electron chi connectivity index (χ2n) is 4.08. The van der Waals surface area contributed by atoms with Crippen LogP contribution < -0.4 is 0 Å². The van der Waals surface area contributed by atoms with Crippen molar-refractivity contribution >= 4 is 0 Å². The van der Waals surface area contributed by atoms with E-state index in [-0.39, 0.29) is 12.1 Å². The molecule has 1 fully saturated rings. The summed E-state index contributed by atoms with van der Waals surface area (Å²) in [6, 6.07) is 10.3. The molecule has 2 rings (SSSR count). The van der Waals surface area contributed by atoms with Crippen LogP contribution in [0.2, 0.25) is 0 Å². The molecule has 1 N–H and O–H groups in total. The fourth-order valence-corrected chi connectivity index (χ4v) is 2.42. The average Bonchev–Trinajstić information content (AvgIpc) is 2.62. The molecule has 1 aliphatic heterocycles. The smallest absolute Gasteiger partial charge is 0.0692 e. The molecule has 1 atom stereocenters. The van der Waals surface area contributed by atoms with Crippen LogP contribution in [-0.4, -0.2) is 30.2 Å². The van der Waals surface area contributed by atoms with Crippen LogP contribution >= 0.6 is 0 Å². The van der Waals surface area contributed by atoms with Crippen molar-refractivity contribution in [3.05, 3.63) is 35.9 Å². The first-order valence-corrected chi connectivity index (χ1v) is 5.17. The maximum atomic E-state index is 9.60. The second-order valence-corrected chi connectivity index (χ2v) is 4.08. The van der Waals surface area contributed by atoms with Gasteiger partial charge >= 0.3 is 0 Å². The number of benzene rings is 1. The Labute approximate surface area is 85.2 Å². The molecule has 76 valence electrons. The van der Waals surface area contributed by atoms with E-state index in [9.17, 15) is 5.11 Å². The van der Waals surface area contributed by atoms with Crippen molar-refractivity contribution in [1.29, 1.82) is 0 Å². The zero-order valence-corrected chi connectivity index (χ0v) is 8.61. The first-order valence-electron chi connectivity index (χ1n) is 5.17. The van der Waals surface area contributed by atoms with E-state index >= 15 is 0 Å². The van der Waals surface area contributed by atoms with E-state index < -0.39 is 0 Å². The minimum atomic E-state index is -0.124. The Morgan fingerprint density at radius 3 is 2.57 bits per heavy atom. The molecule has 2 nitrogen and oxygen atoms in total. The van der Waals surface area contributed by atoms with Gasteiger partial charge in [0, 0.05) is 0 Å². The summed E-state index contributed by atoms with van der Waals surface area (Å²) in [6.45, 7) is 1.29. The number of aliphatic hydroxyl groups is 1. The molecule has 0 aliphatic carbocycles. The van der Waals surface area contributed by atoms with Crippen molar-refractivity contribution in [2.75, 3.05) is 20.2 Å². The van der Waals surface area contributed by atoms with Gasteiger partial charge < -0.3 is 5.11 Å². The van der Waals surface area contributed by atoms with Gasteiger partial charge in [-0.3, -0.25) is 4.90 Å². The minimum Gasteiger partial charge on any atom is -0.394 e. The van der Waals surface area contributed by atoms with Crippen LogP contribution in [0.3, 0.4) is 0 Å². The zero-order valence-electron chi connectivity index (χ0n) is 8.61. The minimum absolute atomic E-state index is 0.124. The maximum Gasteiger partial charge on any atom is 0.0692 e. The summed E-state index contributed by atoms with van der Waals surface area (Å²) >= 11 is 0. The highest BCUT2D eigenvalue weighted by Crippen LogP contribution is 2.36. The lowest BCUT2D eigenvalue weighted by Crippen LogP contribution is -2.41. The molecule has 1 aromatic rings. The average molecular weight is 191 g/mol. The van der Waals surface area contributed by atoms with Crippen LogP contribution in [0, 0.1) is 0 Å². The lowest BCUT2D eigenvalue weighted by Gasteiger charge is -2.34. The molecule has 2 heteroatoms. The number of nitrogens with zero attached hydrogens (tertiary/aromatic N) is 1. The Balaban J connectivity index is 2.38. The normalized spacial score (nSPS) is 28.1. The van der Waals surface area contributed by atoms with Gasteiger partial charge in [-0.05, 0) is 32.0 Å². The molecule has 0 radical (unpaired) electrons. The van der Waals surface area contributed by atoms with Crippen LogP contribution in [0.4, 0.5) is 0 Å². The van der Waals surface area contributed by atoms with Crippen molar-refractivity contribution in [1.82, 2.24) is 4.90 Å². The van der Waals surface area contributed by atoms with E-state index in [2.05, 4.69) is 24.1 Å². The predicted octanol–water partition coefficient (Wildman–Crippen LogP) is 1.60. The highest BCUT2D eigenvalue weighted by molar-refractivity contribution is 5.26. The maximum absolute atomic E-state index is 9.60. The summed E-state index contributed by atoms with van der Waals surface area (Å²) in [5.41, 5.74) is 1.11. The van der Waals surface area contributed by atoms with Gasteiger partial charge in [-0.2, -0.15) is 0 Å². The molecule has 0 saturated carbocycles. The number of hydrogen-bond donors (Lipinski definition) is 1. The van der Waals surface area contributed by atoms with Crippen molar-refractivity contribution < 1.29 is 5.11 Å². The third-order valence-electron chi connectivity index (χ3n) is 3.39. The summed E-state index contributed by atoms with van der Waals surface area (Å²) in [5.74, 6) is 0. The number of rotatable bonds is 2. The SMILES string of the molecule is CN1CCC[C@]1(CO)c1ccccc1. The number of aliphatic hydroxyl groups excluding tert-OH is 1. The molecule has 1 saturated heterocycles. The van der Waals surface area contributed by atoms with Crippen molar-refractivity contribution in [2.24, 2.45) is 0 Å². The lowest BCUT2D eigenvalue weighted by atomic mass is 9.88. The topological polar surface area (TPSA) is 23.5 Å². The summed E-state index contributed by atoms with van der Waals surface area (Å²) in [4.78, 5) is 2.27. The van der Waals surface area contributed by atoms with Crippen LogP contribution in [0.1, 0.15) is 18.4 Å². The van der Waals surface area contributed by atoms with Crippen LogP contribution in [0.15, 0.2) is 30.3 Å². The van der Waals surface area contributed by atoms with E-state index in [0.29, 0.717) is 0 Å². The van der Waals surface area contributed by atoms with Gasteiger partial charge in [0.2, 0.25) is 0 Å². The molecule has 1 aliphatic rings. The van der Waals surface area contributed by atoms with Crippen molar-refractivity contribution in [3.63, 3.8) is 0 Å². The highest BCUT2D eigenvalue weighted by atomic mass is 16.3. The standard InChI is InChI=1S/C12H17NO/c1-13-9-5-8-12(13,10-14)11-6-3-2-4-7-11/h2-4,6-7,14H,5,8-10H2,1H3/t12-/m0/s1. The molecule has 1 heterocycles. The summed E-state index contributed by atoms with van der Waals surface area (Å²) in [7, 11) is 2.09. The van der Waals surface area contributed by atoms with Gasteiger partial charge in [0.1, 0.15) is 0 Å². The summed E-state index contributed by atoms with van der Waals surface area (Å²) < 4.78 is 0. The Morgan fingerprint density at radius 1 is 1.36 bits per heavy atom. The molecule has 0 aromatic heterocycles. The van der Waals surface area contributed by atoms with E-state index in [4.69, 9.17) is 0 Å². The van der Waals surface area contributed by atoms with Gasteiger partial charge in [-0.25, -0.2) is 0 Å². The molecule has 1 aromatic carbocycles. The Hall–Kier alpha value is -0.860. The second kappa shape index (κ2) is 3.71. The van der Waals surface area contributed by atoms with Gasteiger partial charge in [0.25, 0.3) is 0 Å². The number of likely N-dealkylation sites (tertiary alicyclic amines) is 1. The summed E-state index contributed by atoms with van der Waals surface area (Å²) in [5, 5.41) is 9.60. The Kier molecular flexibility index (Phi) is 2.57. The third-order valence-corrected chi connectivity index (χ3v) is 3.39. The third kappa shape index (κ3) is 1.35. The quantitative estimate of drug-likeness (QED) is 0.767. The molecule has 0 unspecified atom stereocenters. The highest BCUT2D eigenvalue weighted by Gasteiger charge is 2.39. The molecule has 0 amide bonds. The first kappa shape index (κ1) is 9.69. The van der Waals surface area contributed by atoms with Crippen LogP contribution in [0.25, 0.3) is 0 Å². The Morgan fingerprint density at radius 2 is 2.07 bits per heavy atom. The van der Waals surface area contributed by atoms with E-state index in [0.717, 1.165) is 13.0 Å². The molecule has 14 heavy (non-hydrogen) atoms. The van der Waals surface area contributed by atoms with Crippen molar-refractivity contribution in [3.8, 4) is 0 Å². The van der Waals surface area contributed by atoms with Gasteiger partial charge in [0.15, 0.2) is 0 Å². The van der Waals surface area contributed by atoms with Gasteiger partial charge in [0.05, 0.1) is 12.1 Å². The predicted molar refractivity (Wildman–Crippen MR) is 57.1 cm³/mol. The number of hydrogen-bond acceptors (Lipinski definition) is 2. The first-order chi connectivity index (χ1) is 6.79. The fourth-order valence-electron chi connectivity index (χ4n) is 2.42. The fraction of sp³-hybridized carbons (Fsp3) is 0.500. The molecule has 0 bridgehead atoms.